The molecular weight excluding hydrogens is 376 g/mol. The molecule has 8 heteroatoms. The Morgan fingerprint density at radius 3 is 2.89 bits per heavy atom. The number of nitrogens with one attached hydrogen (secondary N) is 2. The van der Waals surface area contributed by atoms with Crippen molar-refractivity contribution < 1.29 is 9.59 Å². The number of aromatic amines is 1. The summed E-state index contributed by atoms with van der Waals surface area (Å²) < 4.78 is 0. The quantitative estimate of drug-likeness (QED) is 0.711. The number of carbonyl (C=O) groups excluding carboxylic acids is 2. The number of para-hydroxylation sites is 1. The second kappa shape index (κ2) is 7.40. The Balaban J connectivity index is 1.43. The van der Waals surface area contributed by atoms with Crippen LogP contribution in [0.3, 0.4) is 0 Å². The minimum Gasteiger partial charge on any atom is -0.328 e. The molecule has 0 saturated heterocycles. The fourth-order valence-electron chi connectivity index (χ4n) is 3.35. The zero-order valence-corrected chi connectivity index (χ0v) is 16.0. The van der Waals surface area contributed by atoms with Gasteiger partial charge in [-0.1, -0.05) is 18.2 Å². The number of nitrogens with zero attached hydrogens (tertiary/aromatic N) is 2. The van der Waals surface area contributed by atoms with Gasteiger partial charge in [0.2, 0.25) is 11.5 Å². The molecule has 3 heterocycles. The molecular formula is C20H18N4O3S. The van der Waals surface area contributed by atoms with Gasteiger partial charge in [-0.3, -0.25) is 19.7 Å². The normalized spacial score (nSPS) is 15.3. The maximum absolute atomic E-state index is 12.8. The minimum atomic E-state index is -0.370. The topological polar surface area (TPSA) is 95.2 Å². The van der Waals surface area contributed by atoms with Gasteiger partial charge in [0.25, 0.3) is 5.91 Å². The molecule has 1 aromatic carbocycles. The fourth-order valence-corrected chi connectivity index (χ4v) is 4.06. The summed E-state index contributed by atoms with van der Waals surface area (Å²) in [5.41, 5.74) is 2.81. The Morgan fingerprint density at radius 1 is 1.29 bits per heavy atom. The first-order chi connectivity index (χ1) is 13.5. The van der Waals surface area contributed by atoms with Crippen LogP contribution in [0, 0.1) is 0 Å². The molecule has 3 aromatic rings. The third kappa shape index (κ3) is 3.59. The van der Waals surface area contributed by atoms with Crippen LogP contribution in [0.15, 0.2) is 52.8 Å². The van der Waals surface area contributed by atoms with Gasteiger partial charge in [-0.05, 0) is 31.0 Å². The molecule has 0 bridgehead atoms. The van der Waals surface area contributed by atoms with Gasteiger partial charge in [-0.2, -0.15) is 0 Å². The molecule has 7 nitrogen and oxygen atoms in total. The number of H-pyrrole nitrogens is 1. The van der Waals surface area contributed by atoms with Crippen molar-refractivity contribution in [3.63, 3.8) is 0 Å². The van der Waals surface area contributed by atoms with Crippen LogP contribution in [0.2, 0.25) is 0 Å². The zero-order valence-electron chi connectivity index (χ0n) is 15.1. The van der Waals surface area contributed by atoms with Crippen LogP contribution < -0.4 is 15.8 Å². The molecule has 2 aromatic heterocycles. The number of rotatable bonds is 4. The molecule has 1 atom stereocenters. The largest absolute Gasteiger partial charge is 0.328 e. The lowest BCUT2D eigenvalue weighted by molar-refractivity contribution is -0.118. The number of anilines is 2. The van der Waals surface area contributed by atoms with Crippen molar-refractivity contribution in [2.45, 2.75) is 25.8 Å². The lowest BCUT2D eigenvalue weighted by Crippen LogP contribution is -2.36. The van der Waals surface area contributed by atoms with E-state index in [-0.39, 0.29) is 29.8 Å². The van der Waals surface area contributed by atoms with E-state index in [2.05, 4.69) is 15.3 Å². The number of hydrogen-bond acceptors (Lipinski definition) is 5. The number of thiazole rings is 1. The maximum atomic E-state index is 12.8. The molecule has 1 aliphatic rings. The summed E-state index contributed by atoms with van der Waals surface area (Å²) in [6, 6.07) is 10.8. The summed E-state index contributed by atoms with van der Waals surface area (Å²) in [5.74, 6) is -0.383. The molecule has 142 valence electrons. The summed E-state index contributed by atoms with van der Waals surface area (Å²) >= 11 is 1.26. The molecule has 2 amide bonds. The van der Waals surface area contributed by atoms with Crippen molar-refractivity contribution in [1.82, 2.24) is 9.97 Å². The van der Waals surface area contributed by atoms with E-state index in [4.69, 9.17) is 0 Å². The molecule has 2 N–H and O–H groups in total. The van der Waals surface area contributed by atoms with Gasteiger partial charge in [0.05, 0.1) is 17.7 Å². The molecule has 0 fully saturated rings. The van der Waals surface area contributed by atoms with Crippen LogP contribution in [0.5, 0.6) is 0 Å². The highest BCUT2D eigenvalue weighted by Crippen LogP contribution is 2.32. The lowest BCUT2D eigenvalue weighted by Gasteiger charge is -2.22. The molecule has 1 unspecified atom stereocenters. The van der Waals surface area contributed by atoms with E-state index < -0.39 is 0 Å². The van der Waals surface area contributed by atoms with Crippen molar-refractivity contribution in [2.75, 3.05) is 10.2 Å². The van der Waals surface area contributed by atoms with E-state index >= 15 is 0 Å². The molecule has 0 saturated carbocycles. The maximum Gasteiger partial charge on any atom is 0.258 e. The standard InChI is InChI=1S/C20H18N4O3S/c1-12-8-13-4-2-3-5-16(13)24(12)18(26)9-15-11-28-20(22-15)23-19(27)14-6-7-17(25)21-10-14/h2-7,10-12H,8-9H2,1H3,(H,21,25)(H,22,23,27). The Kier molecular flexibility index (Phi) is 4.79. The third-order valence-corrected chi connectivity index (χ3v) is 5.43. The summed E-state index contributed by atoms with van der Waals surface area (Å²) in [4.78, 5) is 44.8. The third-order valence-electron chi connectivity index (χ3n) is 4.63. The zero-order chi connectivity index (χ0) is 19.7. The molecule has 4 rings (SSSR count). The Bertz CT molecular complexity index is 1080. The van der Waals surface area contributed by atoms with E-state index in [1.165, 1.54) is 35.2 Å². The predicted octanol–water partition coefficient (Wildman–Crippen LogP) is 2.60. The smallest absolute Gasteiger partial charge is 0.258 e. The number of carbonyl (C=O) groups is 2. The molecule has 0 aliphatic carbocycles. The Hall–Kier alpha value is -3.26. The van der Waals surface area contributed by atoms with Gasteiger partial charge < -0.3 is 9.88 Å². The van der Waals surface area contributed by atoms with Crippen LogP contribution >= 0.6 is 11.3 Å². The highest BCUT2D eigenvalue weighted by atomic mass is 32.1. The SMILES string of the molecule is CC1Cc2ccccc2N1C(=O)Cc1csc(NC(=O)c2ccc(=O)[nH]c2)n1. The van der Waals surface area contributed by atoms with Crippen molar-refractivity contribution in [2.24, 2.45) is 0 Å². The number of aromatic nitrogens is 2. The first kappa shape index (κ1) is 18.1. The van der Waals surface area contributed by atoms with Crippen molar-refractivity contribution in [3.8, 4) is 0 Å². The number of amides is 2. The summed E-state index contributed by atoms with van der Waals surface area (Å²) in [7, 11) is 0. The van der Waals surface area contributed by atoms with Gasteiger partial charge in [-0.15, -0.1) is 11.3 Å². The molecule has 28 heavy (non-hydrogen) atoms. The Labute approximate surface area is 165 Å². The first-order valence-electron chi connectivity index (χ1n) is 8.86. The average molecular weight is 394 g/mol. The minimum absolute atomic E-state index is 0.0127. The summed E-state index contributed by atoms with van der Waals surface area (Å²) in [5, 5.41) is 4.87. The molecule has 0 radical (unpaired) electrons. The highest BCUT2D eigenvalue weighted by molar-refractivity contribution is 7.14. The number of pyridine rings is 1. The van der Waals surface area contributed by atoms with Crippen LogP contribution in [0.25, 0.3) is 0 Å². The van der Waals surface area contributed by atoms with Crippen molar-refractivity contribution >= 4 is 34.0 Å². The first-order valence-corrected chi connectivity index (χ1v) is 9.73. The number of benzene rings is 1. The molecule has 0 spiro atoms. The van der Waals surface area contributed by atoms with Crippen LogP contribution in [0.1, 0.15) is 28.5 Å². The van der Waals surface area contributed by atoms with Gasteiger partial charge in [0.1, 0.15) is 0 Å². The van der Waals surface area contributed by atoms with Crippen molar-refractivity contribution in [3.05, 3.63) is 75.1 Å². The lowest BCUT2D eigenvalue weighted by atomic mass is 10.1. The van der Waals surface area contributed by atoms with E-state index in [0.29, 0.717) is 16.4 Å². The molecule has 1 aliphatic heterocycles. The van der Waals surface area contributed by atoms with Crippen LogP contribution in [-0.4, -0.2) is 27.8 Å². The predicted molar refractivity (Wildman–Crippen MR) is 108 cm³/mol. The Morgan fingerprint density at radius 2 is 2.11 bits per heavy atom. The number of fused-ring (bicyclic) bond motifs is 1. The average Bonchev–Trinajstić information content (AvgIpc) is 3.24. The van der Waals surface area contributed by atoms with Crippen LogP contribution in [-0.2, 0) is 17.6 Å². The number of hydrogen-bond donors (Lipinski definition) is 2. The monoisotopic (exact) mass is 394 g/mol. The summed E-state index contributed by atoms with van der Waals surface area (Å²) in [6.45, 7) is 2.04. The second-order valence-corrected chi connectivity index (χ2v) is 7.52. The van der Waals surface area contributed by atoms with E-state index in [9.17, 15) is 14.4 Å². The van der Waals surface area contributed by atoms with E-state index in [1.54, 1.807) is 5.38 Å². The van der Waals surface area contributed by atoms with E-state index in [0.717, 1.165) is 12.1 Å². The summed E-state index contributed by atoms with van der Waals surface area (Å²) in [6.07, 6.45) is 2.37. The van der Waals surface area contributed by atoms with Crippen molar-refractivity contribution in [1.29, 1.82) is 0 Å². The fraction of sp³-hybridized carbons (Fsp3) is 0.200. The van der Waals surface area contributed by atoms with E-state index in [1.807, 2.05) is 36.1 Å². The van der Waals surface area contributed by atoms with Crippen LogP contribution in [0.4, 0.5) is 10.8 Å². The van der Waals surface area contributed by atoms with Gasteiger partial charge in [0, 0.05) is 29.4 Å². The van der Waals surface area contributed by atoms with Gasteiger partial charge >= 0.3 is 0 Å². The van der Waals surface area contributed by atoms with Gasteiger partial charge in [-0.25, -0.2) is 4.98 Å². The second-order valence-electron chi connectivity index (χ2n) is 6.66. The van der Waals surface area contributed by atoms with Gasteiger partial charge in [0.15, 0.2) is 5.13 Å². The highest BCUT2D eigenvalue weighted by Gasteiger charge is 2.30.